The number of nitrogens with one attached hydrogen (secondary N) is 1. The quantitative estimate of drug-likeness (QED) is 0.468. The Hall–Kier alpha value is -3.39. The molecule has 1 saturated carbocycles. The van der Waals surface area contributed by atoms with E-state index in [1.165, 1.54) is 0 Å². The number of hydrogen-bond acceptors (Lipinski definition) is 5. The molecule has 3 aromatic rings. The minimum absolute atomic E-state index is 0.0772. The molecule has 8 heteroatoms. The van der Waals surface area contributed by atoms with Crippen LogP contribution in [0.5, 0.6) is 0 Å². The number of benzene rings is 1. The summed E-state index contributed by atoms with van der Waals surface area (Å²) in [4.78, 5) is 33.6. The lowest BCUT2D eigenvalue weighted by atomic mass is 9.85. The molecular formula is C30H42N6O2. The summed E-state index contributed by atoms with van der Waals surface area (Å²) in [6, 6.07) is 6.76. The standard InChI is InChI=1S/C30H42N6O2/c1-8-36(22-11-9-21(10-12-22)34(5)6)28-20(4)24(29(31)37)17-25(27-13-14-35(7)33-27)26(28)16-23-18(2)15-19(3)32-30(23)38/h13-15,17,21-22H,8-12,16H2,1-7H3,(H2,31,37)(H,32,38). The first-order valence-electron chi connectivity index (χ1n) is 13.6. The topological polar surface area (TPSA) is 100 Å². The summed E-state index contributed by atoms with van der Waals surface area (Å²) in [5.41, 5.74) is 13.4. The maximum atomic E-state index is 13.2. The van der Waals surface area contributed by atoms with Crippen LogP contribution in [0.1, 0.15) is 70.9 Å². The average Bonchev–Trinajstić information content (AvgIpc) is 3.29. The van der Waals surface area contributed by atoms with Crippen LogP contribution in [0.2, 0.25) is 0 Å². The number of aryl methyl sites for hydroxylation is 3. The highest BCUT2D eigenvalue weighted by Crippen LogP contribution is 2.40. The average molecular weight is 519 g/mol. The number of carbonyl (C=O) groups excluding carboxylic acids is 1. The molecule has 4 rings (SSSR count). The predicted octanol–water partition coefficient (Wildman–Crippen LogP) is 4.09. The number of anilines is 1. The van der Waals surface area contributed by atoms with Gasteiger partial charge in [0.2, 0.25) is 5.91 Å². The number of hydrogen-bond donors (Lipinski definition) is 2. The largest absolute Gasteiger partial charge is 0.368 e. The Morgan fingerprint density at radius 2 is 1.76 bits per heavy atom. The summed E-state index contributed by atoms with van der Waals surface area (Å²) in [6.07, 6.45) is 6.72. The maximum absolute atomic E-state index is 13.2. The molecule has 204 valence electrons. The third-order valence-corrected chi connectivity index (χ3v) is 8.23. The van der Waals surface area contributed by atoms with Crippen molar-refractivity contribution >= 4 is 11.6 Å². The predicted molar refractivity (Wildman–Crippen MR) is 154 cm³/mol. The Balaban J connectivity index is 1.95. The molecule has 2 heterocycles. The molecule has 1 aliphatic carbocycles. The van der Waals surface area contributed by atoms with Gasteiger partial charge in [0.05, 0.1) is 5.69 Å². The number of pyridine rings is 1. The maximum Gasteiger partial charge on any atom is 0.251 e. The third kappa shape index (κ3) is 5.41. The van der Waals surface area contributed by atoms with Crippen LogP contribution in [0, 0.1) is 20.8 Å². The number of nitrogens with two attached hydrogens (primary N) is 1. The second kappa shape index (κ2) is 11.2. The molecule has 0 unspecified atom stereocenters. The first-order valence-corrected chi connectivity index (χ1v) is 13.6. The second-order valence-electron chi connectivity index (χ2n) is 11.0. The minimum atomic E-state index is -0.454. The van der Waals surface area contributed by atoms with Gasteiger partial charge < -0.3 is 20.5 Å². The van der Waals surface area contributed by atoms with Crippen LogP contribution < -0.4 is 16.2 Å². The van der Waals surface area contributed by atoms with E-state index in [0.29, 0.717) is 24.1 Å². The molecular weight excluding hydrogens is 476 g/mol. The number of primary amides is 1. The number of carbonyl (C=O) groups is 1. The fraction of sp³-hybridized carbons (Fsp3) is 0.500. The van der Waals surface area contributed by atoms with Crippen LogP contribution >= 0.6 is 0 Å². The van der Waals surface area contributed by atoms with E-state index in [9.17, 15) is 9.59 Å². The number of rotatable bonds is 8. The van der Waals surface area contributed by atoms with Gasteiger partial charge in [-0.15, -0.1) is 0 Å². The summed E-state index contributed by atoms with van der Waals surface area (Å²) >= 11 is 0. The molecule has 38 heavy (non-hydrogen) atoms. The Kier molecular flexibility index (Phi) is 8.11. The van der Waals surface area contributed by atoms with Crippen molar-refractivity contribution in [1.82, 2.24) is 19.7 Å². The Morgan fingerprint density at radius 3 is 2.29 bits per heavy atom. The lowest BCUT2D eigenvalue weighted by molar-refractivity contribution is 0.0999. The van der Waals surface area contributed by atoms with E-state index in [4.69, 9.17) is 10.8 Å². The van der Waals surface area contributed by atoms with E-state index in [-0.39, 0.29) is 5.56 Å². The van der Waals surface area contributed by atoms with Gasteiger partial charge in [-0.25, -0.2) is 0 Å². The van der Waals surface area contributed by atoms with Gasteiger partial charge in [0.25, 0.3) is 5.56 Å². The van der Waals surface area contributed by atoms with Gasteiger partial charge in [-0.3, -0.25) is 14.3 Å². The molecule has 0 spiro atoms. The van der Waals surface area contributed by atoms with Crippen LogP contribution in [0.25, 0.3) is 11.3 Å². The van der Waals surface area contributed by atoms with Crippen molar-refractivity contribution in [2.75, 3.05) is 25.5 Å². The molecule has 8 nitrogen and oxygen atoms in total. The zero-order valence-corrected chi connectivity index (χ0v) is 23.9. The van der Waals surface area contributed by atoms with Crippen molar-refractivity contribution < 1.29 is 4.79 Å². The molecule has 0 radical (unpaired) electrons. The monoisotopic (exact) mass is 518 g/mol. The summed E-state index contributed by atoms with van der Waals surface area (Å²) in [5.74, 6) is -0.454. The molecule has 2 aromatic heterocycles. The van der Waals surface area contributed by atoms with Crippen LogP contribution in [0.4, 0.5) is 5.69 Å². The van der Waals surface area contributed by atoms with Crippen molar-refractivity contribution in [1.29, 1.82) is 0 Å². The zero-order chi connectivity index (χ0) is 27.7. The molecule has 3 N–H and O–H groups in total. The Morgan fingerprint density at radius 1 is 1.11 bits per heavy atom. The van der Waals surface area contributed by atoms with Gasteiger partial charge in [-0.1, -0.05) is 0 Å². The highest BCUT2D eigenvalue weighted by Gasteiger charge is 2.31. The second-order valence-corrected chi connectivity index (χ2v) is 11.0. The van der Waals surface area contributed by atoms with Crippen molar-refractivity contribution in [3.63, 3.8) is 0 Å². The van der Waals surface area contributed by atoms with Gasteiger partial charge in [0, 0.05) is 66.4 Å². The highest BCUT2D eigenvalue weighted by atomic mass is 16.1. The number of aromatic amines is 1. The number of H-pyrrole nitrogens is 1. The van der Waals surface area contributed by atoms with Gasteiger partial charge in [0.1, 0.15) is 0 Å². The number of amides is 1. The van der Waals surface area contributed by atoms with Gasteiger partial charge in [0.15, 0.2) is 0 Å². The number of nitrogens with zero attached hydrogens (tertiary/aromatic N) is 4. The first-order chi connectivity index (χ1) is 18.0. The molecule has 1 aliphatic rings. The van der Waals surface area contributed by atoms with E-state index < -0.39 is 5.91 Å². The SMILES string of the molecule is CCN(c1c(C)c(C(N)=O)cc(-c2ccn(C)n2)c1Cc1c(C)cc(C)[nH]c1=O)C1CCC(N(C)C)CC1. The normalized spacial score (nSPS) is 17.7. The van der Waals surface area contributed by atoms with E-state index in [1.54, 1.807) is 4.68 Å². The minimum Gasteiger partial charge on any atom is -0.368 e. The summed E-state index contributed by atoms with van der Waals surface area (Å²) in [6.45, 7) is 8.84. The highest BCUT2D eigenvalue weighted by molar-refractivity contribution is 5.98. The van der Waals surface area contributed by atoms with Gasteiger partial charge in [-0.2, -0.15) is 5.10 Å². The van der Waals surface area contributed by atoms with E-state index in [0.717, 1.165) is 77.1 Å². The smallest absolute Gasteiger partial charge is 0.251 e. The zero-order valence-electron chi connectivity index (χ0n) is 23.9. The van der Waals surface area contributed by atoms with E-state index >= 15 is 0 Å². The molecule has 0 saturated heterocycles. The van der Waals surface area contributed by atoms with Crippen molar-refractivity contribution in [3.8, 4) is 11.3 Å². The van der Waals surface area contributed by atoms with Crippen LogP contribution in [0.3, 0.4) is 0 Å². The van der Waals surface area contributed by atoms with E-state index in [1.807, 2.05) is 52.2 Å². The summed E-state index contributed by atoms with van der Waals surface area (Å²) < 4.78 is 1.76. The third-order valence-electron chi connectivity index (χ3n) is 8.23. The fourth-order valence-electron chi connectivity index (χ4n) is 6.20. The summed E-state index contributed by atoms with van der Waals surface area (Å²) in [7, 11) is 6.19. The Bertz CT molecular complexity index is 1380. The van der Waals surface area contributed by atoms with Crippen LogP contribution in [0.15, 0.2) is 29.2 Å². The van der Waals surface area contributed by atoms with Crippen molar-refractivity contribution in [2.45, 2.75) is 71.9 Å². The molecule has 1 aromatic carbocycles. The Labute approximate surface area is 225 Å². The lowest BCUT2D eigenvalue weighted by Gasteiger charge is -2.41. The fourth-order valence-corrected chi connectivity index (χ4v) is 6.20. The molecule has 0 bridgehead atoms. The molecule has 0 aliphatic heterocycles. The molecule has 0 atom stereocenters. The number of aromatic nitrogens is 3. The van der Waals surface area contributed by atoms with E-state index in [2.05, 4.69) is 35.8 Å². The summed E-state index contributed by atoms with van der Waals surface area (Å²) in [5, 5.41) is 4.69. The van der Waals surface area contributed by atoms with Crippen molar-refractivity contribution in [3.05, 3.63) is 68.3 Å². The van der Waals surface area contributed by atoms with Crippen LogP contribution in [-0.4, -0.2) is 58.3 Å². The van der Waals surface area contributed by atoms with Gasteiger partial charge in [-0.05, 0) is 102 Å². The lowest BCUT2D eigenvalue weighted by Crippen LogP contribution is -2.43. The molecule has 1 fully saturated rings. The molecule has 1 amide bonds. The first kappa shape index (κ1) is 27.6. The van der Waals surface area contributed by atoms with Crippen molar-refractivity contribution in [2.24, 2.45) is 12.8 Å². The van der Waals surface area contributed by atoms with Crippen LogP contribution in [-0.2, 0) is 13.5 Å². The van der Waals surface area contributed by atoms with Gasteiger partial charge >= 0.3 is 0 Å².